The van der Waals surface area contributed by atoms with Crippen molar-refractivity contribution in [2.45, 2.75) is 45.6 Å². The number of hydrogen-bond acceptors (Lipinski definition) is 6. The summed E-state index contributed by atoms with van der Waals surface area (Å²) < 4.78 is 5.42. The highest BCUT2D eigenvalue weighted by atomic mass is 32.1. The molecule has 1 aromatic carbocycles. The van der Waals surface area contributed by atoms with Gasteiger partial charge in [-0.15, -0.1) is 11.3 Å². The van der Waals surface area contributed by atoms with E-state index in [-0.39, 0.29) is 11.9 Å². The number of thiazole rings is 1. The molecular weight excluding hydrogens is 408 g/mol. The topological polar surface area (TPSA) is 67.3 Å². The fraction of sp³-hybridized carbons (Fsp3) is 0.375. The van der Waals surface area contributed by atoms with Gasteiger partial charge in [0, 0.05) is 35.4 Å². The van der Waals surface area contributed by atoms with Crippen LogP contribution < -0.4 is 10.1 Å². The summed E-state index contributed by atoms with van der Waals surface area (Å²) in [4.78, 5) is 25.4. The van der Waals surface area contributed by atoms with Crippen molar-refractivity contribution in [1.29, 1.82) is 0 Å². The van der Waals surface area contributed by atoms with Crippen LogP contribution in [-0.2, 0) is 11.2 Å². The first-order valence-electron chi connectivity index (χ1n) is 10.6. The van der Waals surface area contributed by atoms with Crippen LogP contribution in [0.25, 0.3) is 0 Å². The summed E-state index contributed by atoms with van der Waals surface area (Å²) in [6, 6.07) is 12.0. The van der Waals surface area contributed by atoms with Crippen molar-refractivity contribution in [1.82, 2.24) is 14.9 Å². The van der Waals surface area contributed by atoms with Crippen LogP contribution in [0, 0.1) is 13.8 Å². The molecule has 3 aromatic rings. The molecule has 0 saturated carbocycles. The highest BCUT2D eigenvalue weighted by molar-refractivity contribution is 7.15. The fourth-order valence-electron chi connectivity index (χ4n) is 4.14. The Morgan fingerprint density at radius 2 is 2.13 bits per heavy atom. The minimum absolute atomic E-state index is 0.0173. The van der Waals surface area contributed by atoms with Gasteiger partial charge in [0.2, 0.25) is 5.91 Å². The van der Waals surface area contributed by atoms with Crippen molar-refractivity contribution >= 4 is 28.1 Å². The Kier molecular flexibility index (Phi) is 6.51. The highest BCUT2D eigenvalue weighted by Crippen LogP contribution is 2.34. The number of amides is 1. The van der Waals surface area contributed by atoms with E-state index in [4.69, 9.17) is 9.72 Å². The summed E-state index contributed by atoms with van der Waals surface area (Å²) in [7, 11) is 1.67. The zero-order chi connectivity index (χ0) is 21.8. The van der Waals surface area contributed by atoms with Crippen molar-refractivity contribution in [3.63, 3.8) is 0 Å². The number of nitrogens with zero attached hydrogens (tertiary/aromatic N) is 3. The first-order valence-corrected chi connectivity index (χ1v) is 11.4. The number of pyridine rings is 1. The summed E-state index contributed by atoms with van der Waals surface area (Å²) in [5, 5.41) is 4.25. The number of nitrogens with one attached hydrogen (secondary N) is 1. The van der Waals surface area contributed by atoms with E-state index in [9.17, 15) is 4.79 Å². The molecule has 0 spiro atoms. The van der Waals surface area contributed by atoms with Crippen molar-refractivity contribution in [3.8, 4) is 5.75 Å². The molecule has 162 valence electrons. The molecule has 1 N–H and O–H groups in total. The van der Waals surface area contributed by atoms with Gasteiger partial charge in [-0.1, -0.05) is 18.2 Å². The number of hydrogen-bond donors (Lipinski definition) is 1. The molecule has 1 saturated heterocycles. The number of aromatic nitrogens is 2. The number of anilines is 2. The van der Waals surface area contributed by atoms with Crippen LogP contribution in [0.4, 0.5) is 10.8 Å². The predicted octanol–water partition coefficient (Wildman–Crippen LogP) is 5.20. The van der Waals surface area contributed by atoms with Crippen LogP contribution in [0.2, 0.25) is 0 Å². The van der Waals surface area contributed by atoms with Gasteiger partial charge in [0.05, 0.1) is 18.8 Å². The molecule has 0 unspecified atom stereocenters. The zero-order valence-corrected chi connectivity index (χ0v) is 19.0. The van der Waals surface area contributed by atoms with E-state index in [1.807, 2.05) is 55.3 Å². The standard InChI is InChI=1S/C24H28N4O2S/c1-16-13-19(27-24-25-15-17(2)31-24)14-20(26-16)21-8-6-12-28(21)23(29)11-10-18-7-4-5-9-22(18)30-3/h4-5,7,9,13-15,21H,6,8,10-12H2,1-3H3,(H,25,26,27)/t21-/m0/s1. The summed E-state index contributed by atoms with van der Waals surface area (Å²) >= 11 is 1.62. The van der Waals surface area contributed by atoms with Gasteiger partial charge in [-0.25, -0.2) is 4.98 Å². The van der Waals surface area contributed by atoms with E-state index in [0.29, 0.717) is 12.8 Å². The lowest BCUT2D eigenvalue weighted by Gasteiger charge is -2.25. The van der Waals surface area contributed by atoms with E-state index in [1.165, 1.54) is 0 Å². The van der Waals surface area contributed by atoms with Crippen LogP contribution in [0.5, 0.6) is 5.75 Å². The third-order valence-electron chi connectivity index (χ3n) is 5.56. The average molecular weight is 437 g/mol. The van der Waals surface area contributed by atoms with Crippen LogP contribution in [0.15, 0.2) is 42.6 Å². The van der Waals surface area contributed by atoms with Gasteiger partial charge in [-0.2, -0.15) is 0 Å². The molecule has 6 nitrogen and oxygen atoms in total. The number of para-hydroxylation sites is 1. The average Bonchev–Trinajstić information content (AvgIpc) is 3.41. The maximum absolute atomic E-state index is 13.1. The van der Waals surface area contributed by atoms with Crippen LogP contribution in [0.1, 0.15) is 47.1 Å². The van der Waals surface area contributed by atoms with Gasteiger partial charge in [0.25, 0.3) is 0 Å². The molecule has 1 fully saturated rings. The van der Waals surface area contributed by atoms with E-state index >= 15 is 0 Å². The molecule has 2 aromatic heterocycles. The number of carbonyl (C=O) groups is 1. The number of rotatable bonds is 7. The quantitative estimate of drug-likeness (QED) is 0.551. The zero-order valence-electron chi connectivity index (χ0n) is 18.2. The number of methoxy groups -OCH3 is 1. The molecule has 1 aliphatic rings. The van der Waals surface area contributed by atoms with Crippen LogP contribution >= 0.6 is 11.3 Å². The molecule has 31 heavy (non-hydrogen) atoms. The van der Waals surface area contributed by atoms with E-state index in [1.54, 1.807) is 18.4 Å². The number of ether oxygens (including phenoxy) is 1. The Morgan fingerprint density at radius 3 is 2.90 bits per heavy atom. The molecule has 0 bridgehead atoms. The van der Waals surface area contributed by atoms with Gasteiger partial charge in [0.15, 0.2) is 5.13 Å². The lowest BCUT2D eigenvalue weighted by Crippen LogP contribution is -2.31. The third-order valence-corrected chi connectivity index (χ3v) is 6.39. The van der Waals surface area contributed by atoms with Crippen LogP contribution in [-0.4, -0.2) is 34.4 Å². The van der Waals surface area contributed by atoms with Gasteiger partial charge in [-0.3, -0.25) is 9.78 Å². The van der Waals surface area contributed by atoms with Gasteiger partial charge in [0.1, 0.15) is 5.75 Å². The second-order valence-corrected chi connectivity index (χ2v) is 9.11. The Bertz CT molecular complexity index is 1070. The third kappa shape index (κ3) is 5.05. The molecule has 4 rings (SSSR count). The van der Waals surface area contributed by atoms with Gasteiger partial charge in [-0.05, 0) is 56.9 Å². The highest BCUT2D eigenvalue weighted by Gasteiger charge is 2.31. The number of benzene rings is 1. The normalized spacial score (nSPS) is 15.8. The maximum Gasteiger partial charge on any atom is 0.223 e. The largest absolute Gasteiger partial charge is 0.496 e. The summed E-state index contributed by atoms with van der Waals surface area (Å²) in [5.74, 6) is 1.00. The fourth-order valence-corrected chi connectivity index (χ4v) is 4.83. The molecule has 7 heteroatoms. The van der Waals surface area contributed by atoms with E-state index in [2.05, 4.69) is 16.4 Å². The van der Waals surface area contributed by atoms with Crippen molar-refractivity contribution in [2.75, 3.05) is 19.0 Å². The molecular formula is C24H28N4O2S. The molecule has 3 heterocycles. The molecule has 1 amide bonds. The van der Waals surface area contributed by atoms with Crippen molar-refractivity contribution in [3.05, 3.63) is 64.4 Å². The predicted molar refractivity (Wildman–Crippen MR) is 124 cm³/mol. The first kappa shape index (κ1) is 21.3. The Labute approximate surface area is 187 Å². The molecule has 0 radical (unpaired) electrons. The molecule has 0 aliphatic carbocycles. The van der Waals surface area contributed by atoms with Gasteiger partial charge >= 0.3 is 0 Å². The summed E-state index contributed by atoms with van der Waals surface area (Å²) in [5.41, 5.74) is 3.90. The number of likely N-dealkylation sites (tertiary alicyclic amines) is 1. The van der Waals surface area contributed by atoms with E-state index in [0.717, 1.165) is 57.8 Å². The summed E-state index contributed by atoms with van der Waals surface area (Å²) in [6.07, 6.45) is 4.93. The molecule has 1 atom stereocenters. The van der Waals surface area contributed by atoms with Crippen LogP contribution in [0.3, 0.4) is 0 Å². The second kappa shape index (κ2) is 9.47. The first-order chi connectivity index (χ1) is 15.0. The second-order valence-electron chi connectivity index (χ2n) is 7.88. The molecule has 1 aliphatic heterocycles. The minimum atomic E-state index is 0.0173. The maximum atomic E-state index is 13.1. The SMILES string of the molecule is COc1ccccc1CCC(=O)N1CCC[C@H]1c1cc(Nc2ncc(C)s2)cc(C)n1. The lowest BCUT2D eigenvalue weighted by atomic mass is 10.1. The minimum Gasteiger partial charge on any atom is -0.496 e. The Morgan fingerprint density at radius 1 is 1.29 bits per heavy atom. The number of carbonyl (C=O) groups excluding carboxylic acids is 1. The monoisotopic (exact) mass is 436 g/mol. The smallest absolute Gasteiger partial charge is 0.223 e. The van der Waals surface area contributed by atoms with Gasteiger partial charge < -0.3 is 15.0 Å². The lowest BCUT2D eigenvalue weighted by molar-refractivity contribution is -0.132. The number of aryl methyl sites for hydroxylation is 3. The Hall–Kier alpha value is -2.93. The van der Waals surface area contributed by atoms with Crippen molar-refractivity contribution in [2.24, 2.45) is 0 Å². The van der Waals surface area contributed by atoms with E-state index < -0.39 is 0 Å². The summed E-state index contributed by atoms with van der Waals surface area (Å²) in [6.45, 7) is 4.81. The van der Waals surface area contributed by atoms with Crippen molar-refractivity contribution < 1.29 is 9.53 Å². The Balaban J connectivity index is 1.48.